The average molecular weight is 159 g/mol. The fourth-order valence-corrected chi connectivity index (χ4v) is 0.767. The average Bonchev–Trinajstić information content (AvgIpc) is 1.94. The highest BCUT2D eigenvalue weighted by molar-refractivity contribution is 6.32. The van der Waals surface area contributed by atoms with Crippen LogP contribution in [0, 0.1) is 5.82 Å². The number of carbonyl (C=O) groups is 1. The zero-order chi connectivity index (χ0) is 7.56. The van der Waals surface area contributed by atoms with E-state index in [0.29, 0.717) is 6.29 Å². The maximum Gasteiger partial charge on any atom is 0.151 e. The summed E-state index contributed by atoms with van der Waals surface area (Å²) in [6.07, 6.45) is 0.519. The number of rotatable bonds is 1. The first-order valence-electron chi connectivity index (χ1n) is 2.64. The molecule has 0 atom stereocenters. The van der Waals surface area contributed by atoms with Gasteiger partial charge in [-0.15, -0.1) is 0 Å². The number of benzene rings is 1. The van der Waals surface area contributed by atoms with E-state index in [4.69, 9.17) is 11.6 Å². The fourth-order valence-electron chi connectivity index (χ4n) is 0.605. The van der Waals surface area contributed by atoms with Gasteiger partial charge in [-0.1, -0.05) is 11.6 Å². The molecule has 0 N–H and O–H groups in total. The summed E-state index contributed by atoms with van der Waals surface area (Å²) in [7, 11) is 0. The summed E-state index contributed by atoms with van der Waals surface area (Å²) in [5.74, 6) is -0.452. The highest BCUT2D eigenvalue weighted by atomic mass is 35.5. The lowest BCUT2D eigenvalue weighted by molar-refractivity contribution is 0.112. The quantitative estimate of drug-likeness (QED) is 0.573. The number of aldehydes is 1. The van der Waals surface area contributed by atoms with Crippen molar-refractivity contribution < 1.29 is 9.18 Å². The Labute approximate surface area is 62.4 Å². The molecule has 0 spiro atoms. The van der Waals surface area contributed by atoms with Gasteiger partial charge in [0.05, 0.1) is 5.02 Å². The molecule has 0 heterocycles. The molecule has 0 amide bonds. The van der Waals surface area contributed by atoms with E-state index in [0.717, 1.165) is 6.07 Å². The summed E-state index contributed by atoms with van der Waals surface area (Å²) >= 11 is 5.50. The molecule has 0 aliphatic heterocycles. The molecule has 0 bridgehead atoms. The molecule has 0 saturated carbocycles. The Kier molecular flexibility index (Phi) is 2.02. The molecule has 0 radical (unpaired) electrons. The van der Waals surface area contributed by atoms with Gasteiger partial charge in [-0.25, -0.2) is 4.39 Å². The van der Waals surface area contributed by atoms with E-state index in [2.05, 4.69) is 0 Å². The number of hydrogen-bond acceptors (Lipinski definition) is 1. The fraction of sp³-hybridized carbons (Fsp3) is 0. The minimum atomic E-state index is -0.452. The smallest absolute Gasteiger partial charge is 0.151 e. The van der Waals surface area contributed by atoms with Gasteiger partial charge in [-0.05, 0) is 18.2 Å². The maximum absolute atomic E-state index is 12.3. The van der Waals surface area contributed by atoms with Crippen molar-refractivity contribution in [2.75, 3.05) is 0 Å². The van der Waals surface area contributed by atoms with Crippen molar-refractivity contribution in [1.29, 1.82) is 0 Å². The normalized spacial score (nSPS) is 9.40. The summed E-state index contributed by atoms with van der Waals surface area (Å²) in [6.45, 7) is 0. The third-order valence-electron chi connectivity index (χ3n) is 1.09. The van der Waals surface area contributed by atoms with Crippen molar-refractivity contribution in [3.05, 3.63) is 34.6 Å². The molecule has 1 nitrogen and oxygen atoms in total. The monoisotopic (exact) mass is 158 g/mol. The Balaban J connectivity index is 3.21. The van der Waals surface area contributed by atoms with Gasteiger partial charge < -0.3 is 0 Å². The van der Waals surface area contributed by atoms with E-state index in [1.807, 2.05) is 0 Å². The van der Waals surface area contributed by atoms with Crippen LogP contribution in [0.3, 0.4) is 0 Å². The Bertz CT molecular complexity index is 260. The highest BCUT2D eigenvalue weighted by Crippen LogP contribution is 2.14. The maximum atomic E-state index is 12.3. The first-order chi connectivity index (χ1) is 4.74. The third-order valence-corrected chi connectivity index (χ3v) is 1.43. The molecule has 1 aromatic carbocycles. The summed E-state index contributed by atoms with van der Waals surface area (Å²) < 4.78 is 12.3. The lowest BCUT2D eigenvalue weighted by atomic mass is 10.2. The van der Waals surface area contributed by atoms with E-state index >= 15 is 0 Å². The minimum Gasteiger partial charge on any atom is -0.298 e. The molecular formula is C7H4ClFO. The predicted molar refractivity (Wildman–Crippen MR) is 36.8 cm³/mol. The lowest BCUT2D eigenvalue weighted by Gasteiger charge is -1.93. The largest absolute Gasteiger partial charge is 0.298 e. The van der Waals surface area contributed by atoms with Crippen molar-refractivity contribution in [3.8, 4) is 0 Å². The second kappa shape index (κ2) is 2.80. The Morgan fingerprint density at radius 2 is 2.20 bits per heavy atom. The van der Waals surface area contributed by atoms with Gasteiger partial charge in [0.1, 0.15) is 5.82 Å². The van der Waals surface area contributed by atoms with E-state index < -0.39 is 5.82 Å². The molecule has 10 heavy (non-hydrogen) atoms. The van der Waals surface area contributed by atoms with Crippen molar-refractivity contribution in [2.45, 2.75) is 0 Å². The molecule has 0 fully saturated rings. The SMILES string of the molecule is O=Cc1cc(F)ccc1Cl. The van der Waals surface area contributed by atoms with Crippen LogP contribution in [0.4, 0.5) is 4.39 Å². The molecular weight excluding hydrogens is 155 g/mol. The topological polar surface area (TPSA) is 17.1 Å². The van der Waals surface area contributed by atoms with Gasteiger partial charge in [0.25, 0.3) is 0 Å². The highest BCUT2D eigenvalue weighted by Gasteiger charge is 1.98. The second-order valence-electron chi connectivity index (χ2n) is 1.78. The van der Waals surface area contributed by atoms with E-state index in [1.165, 1.54) is 12.1 Å². The molecule has 0 aliphatic carbocycles. The number of halogens is 2. The van der Waals surface area contributed by atoms with Crippen LogP contribution < -0.4 is 0 Å². The first-order valence-corrected chi connectivity index (χ1v) is 3.02. The van der Waals surface area contributed by atoms with Crippen molar-refractivity contribution >= 4 is 17.9 Å². The van der Waals surface area contributed by atoms with Crippen LogP contribution >= 0.6 is 11.6 Å². The van der Waals surface area contributed by atoms with E-state index in [9.17, 15) is 9.18 Å². The third kappa shape index (κ3) is 1.33. The number of carbonyl (C=O) groups excluding carboxylic acids is 1. The lowest BCUT2D eigenvalue weighted by Crippen LogP contribution is -1.82. The standard InChI is InChI=1S/C7H4ClFO/c8-7-2-1-6(9)3-5(7)4-10/h1-4H. The second-order valence-corrected chi connectivity index (χ2v) is 2.19. The van der Waals surface area contributed by atoms with Crippen molar-refractivity contribution in [1.82, 2.24) is 0 Å². The summed E-state index contributed by atoms with van der Waals surface area (Å²) in [5.41, 5.74) is 0.182. The molecule has 0 saturated heterocycles. The Morgan fingerprint density at radius 1 is 1.50 bits per heavy atom. The summed E-state index contributed by atoms with van der Waals surface area (Å²) in [4.78, 5) is 10.1. The van der Waals surface area contributed by atoms with Gasteiger partial charge in [0.2, 0.25) is 0 Å². The summed E-state index contributed by atoms with van der Waals surface area (Å²) in [5, 5.41) is 0.274. The predicted octanol–water partition coefficient (Wildman–Crippen LogP) is 2.29. The van der Waals surface area contributed by atoms with Crippen LogP contribution in [0.1, 0.15) is 10.4 Å². The van der Waals surface area contributed by atoms with Crippen LogP contribution in [-0.2, 0) is 0 Å². The van der Waals surface area contributed by atoms with E-state index in [1.54, 1.807) is 0 Å². The number of hydrogen-bond donors (Lipinski definition) is 0. The first kappa shape index (κ1) is 7.22. The zero-order valence-electron chi connectivity index (χ0n) is 4.97. The van der Waals surface area contributed by atoms with Gasteiger partial charge in [-0.3, -0.25) is 4.79 Å². The van der Waals surface area contributed by atoms with Crippen molar-refractivity contribution in [3.63, 3.8) is 0 Å². The Morgan fingerprint density at radius 3 is 2.70 bits per heavy atom. The van der Waals surface area contributed by atoms with Crippen LogP contribution in [-0.4, -0.2) is 6.29 Å². The van der Waals surface area contributed by atoms with Gasteiger partial charge in [-0.2, -0.15) is 0 Å². The molecule has 0 unspecified atom stereocenters. The van der Waals surface area contributed by atoms with Crippen LogP contribution in [0.25, 0.3) is 0 Å². The van der Waals surface area contributed by atoms with Crippen molar-refractivity contribution in [2.24, 2.45) is 0 Å². The van der Waals surface area contributed by atoms with Crippen LogP contribution in [0.15, 0.2) is 18.2 Å². The van der Waals surface area contributed by atoms with Gasteiger partial charge in [0.15, 0.2) is 6.29 Å². The molecule has 0 aliphatic rings. The molecule has 0 aromatic heterocycles. The van der Waals surface area contributed by atoms with Crippen LogP contribution in [0.2, 0.25) is 5.02 Å². The molecule has 3 heteroatoms. The van der Waals surface area contributed by atoms with Gasteiger partial charge >= 0.3 is 0 Å². The van der Waals surface area contributed by atoms with Gasteiger partial charge in [0, 0.05) is 5.56 Å². The molecule has 52 valence electrons. The van der Waals surface area contributed by atoms with Crippen LogP contribution in [0.5, 0.6) is 0 Å². The summed E-state index contributed by atoms with van der Waals surface area (Å²) in [6, 6.07) is 3.64. The minimum absolute atomic E-state index is 0.182. The molecule has 1 rings (SSSR count). The Hall–Kier alpha value is -0.890. The molecule has 1 aromatic rings. The zero-order valence-corrected chi connectivity index (χ0v) is 5.73. The van der Waals surface area contributed by atoms with E-state index in [-0.39, 0.29) is 10.6 Å².